The lowest BCUT2D eigenvalue weighted by Gasteiger charge is -2.26. The van der Waals surface area contributed by atoms with Gasteiger partial charge in [-0.3, -0.25) is 4.79 Å². The second-order valence-corrected chi connectivity index (χ2v) is 6.54. The van der Waals surface area contributed by atoms with Crippen molar-refractivity contribution in [3.8, 4) is 23.3 Å². The number of nitriles is 1. The molecule has 2 aromatic rings. The Morgan fingerprint density at radius 3 is 2.85 bits per heavy atom. The van der Waals surface area contributed by atoms with E-state index in [2.05, 4.69) is 6.07 Å². The van der Waals surface area contributed by atoms with Crippen LogP contribution in [-0.2, 0) is 4.79 Å². The monoisotopic (exact) mass is 364 g/mol. The first-order chi connectivity index (χ1) is 13.3. The van der Waals surface area contributed by atoms with Crippen molar-refractivity contribution in [3.05, 3.63) is 53.6 Å². The van der Waals surface area contributed by atoms with Crippen molar-refractivity contribution in [2.75, 3.05) is 26.4 Å². The maximum Gasteiger partial charge on any atom is 0.261 e. The topological polar surface area (TPSA) is 71.8 Å². The summed E-state index contributed by atoms with van der Waals surface area (Å²) in [6, 6.07) is 14.9. The number of amides is 1. The van der Waals surface area contributed by atoms with Crippen LogP contribution < -0.4 is 14.2 Å². The van der Waals surface area contributed by atoms with Gasteiger partial charge >= 0.3 is 0 Å². The van der Waals surface area contributed by atoms with Crippen molar-refractivity contribution in [2.24, 2.45) is 0 Å². The van der Waals surface area contributed by atoms with Crippen LogP contribution >= 0.6 is 0 Å². The molecule has 1 fully saturated rings. The van der Waals surface area contributed by atoms with Crippen LogP contribution in [0.1, 0.15) is 30.0 Å². The summed E-state index contributed by atoms with van der Waals surface area (Å²) in [7, 11) is 0. The molecule has 1 amide bonds. The van der Waals surface area contributed by atoms with E-state index in [9.17, 15) is 4.79 Å². The van der Waals surface area contributed by atoms with E-state index in [1.54, 1.807) is 24.3 Å². The number of carbonyl (C=O) groups excluding carboxylic acids is 1. The minimum Gasteiger partial charge on any atom is -0.486 e. The van der Waals surface area contributed by atoms with E-state index < -0.39 is 0 Å². The Labute approximate surface area is 157 Å². The molecule has 1 atom stereocenters. The van der Waals surface area contributed by atoms with E-state index in [1.165, 1.54) is 0 Å². The average molecular weight is 364 g/mol. The fourth-order valence-corrected chi connectivity index (χ4v) is 3.59. The number of carbonyl (C=O) groups is 1. The molecule has 4 rings (SSSR count). The van der Waals surface area contributed by atoms with Gasteiger partial charge in [0.05, 0.1) is 11.6 Å². The van der Waals surface area contributed by atoms with Crippen LogP contribution in [0.15, 0.2) is 42.5 Å². The summed E-state index contributed by atoms with van der Waals surface area (Å²) in [6.45, 7) is 1.71. The standard InChI is InChI=1S/C21H20N2O4/c22-13-16-4-1-2-6-18(16)27-14-21(24)23-9-3-5-17(23)15-7-8-19-20(12-15)26-11-10-25-19/h1-2,4,6-8,12,17H,3,5,9-11,14H2. The molecule has 138 valence electrons. The first-order valence-corrected chi connectivity index (χ1v) is 9.07. The quantitative estimate of drug-likeness (QED) is 0.834. The van der Waals surface area contributed by atoms with Crippen LogP contribution in [0.25, 0.3) is 0 Å². The number of fused-ring (bicyclic) bond motifs is 1. The van der Waals surface area contributed by atoms with Crippen LogP contribution in [0.3, 0.4) is 0 Å². The smallest absolute Gasteiger partial charge is 0.261 e. The largest absolute Gasteiger partial charge is 0.486 e. The number of likely N-dealkylation sites (tertiary alicyclic amines) is 1. The third-order valence-electron chi connectivity index (χ3n) is 4.88. The number of rotatable bonds is 4. The van der Waals surface area contributed by atoms with Crippen molar-refractivity contribution in [2.45, 2.75) is 18.9 Å². The number of hydrogen-bond donors (Lipinski definition) is 0. The Hall–Kier alpha value is -3.20. The first-order valence-electron chi connectivity index (χ1n) is 9.07. The molecule has 27 heavy (non-hydrogen) atoms. The highest BCUT2D eigenvalue weighted by Crippen LogP contribution is 2.38. The number of nitrogens with zero attached hydrogens (tertiary/aromatic N) is 2. The van der Waals surface area contributed by atoms with Gasteiger partial charge < -0.3 is 19.1 Å². The van der Waals surface area contributed by atoms with Gasteiger partial charge in [-0.2, -0.15) is 5.26 Å². The molecule has 0 spiro atoms. The maximum atomic E-state index is 12.8. The van der Waals surface area contributed by atoms with E-state index in [0.29, 0.717) is 31.1 Å². The van der Waals surface area contributed by atoms with E-state index in [4.69, 9.17) is 19.5 Å². The molecule has 0 N–H and O–H groups in total. The van der Waals surface area contributed by atoms with E-state index in [0.717, 1.165) is 29.9 Å². The summed E-state index contributed by atoms with van der Waals surface area (Å²) in [5, 5.41) is 9.14. The lowest BCUT2D eigenvalue weighted by Crippen LogP contribution is -2.34. The van der Waals surface area contributed by atoms with Crippen molar-refractivity contribution < 1.29 is 19.0 Å². The third-order valence-corrected chi connectivity index (χ3v) is 4.88. The molecule has 2 aliphatic heterocycles. The zero-order valence-corrected chi connectivity index (χ0v) is 14.9. The predicted octanol–water partition coefficient (Wildman–Crippen LogP) is 3.07. The van der Waals surface area contributed by atoms with Gasteiger partial charge in [-0.15, -0.1) is 0 Å². The molecule has 2 heterocycles. The molecule has 0 aromatic heterocycles. The van der Waals surface area contributed by atoms with E-state index in [-0.39, 0.29) is 18.6 Å². The number of ether oxygens (including phenoxy) is 3. The normalized spacial score (nSPS) is 18.0. The van der Waals surface area contributed by atoms with Crippen LogP contribution in [-0.4, -0.2) is 37.2 Å². The zero-order valence-electron chi connectivity index (χ0n) is 14.9. The highest BCUT2D eigenvalue weighted by molar-refractivity contribution is 5.78. The number of benzene rings is 2. The van der Waals surface area contributed by atoms with Crippen LogP contribution in [0, 0.1) is 11.3 Å². The fraction of sp³-hybridized carbons (Fsp3) is 0.333. The van der Waals surface area contributed by atoms with Crippen molar-refractivity contribution in [1.82, 2.24) is 4.90 Å². The van der Waals surface area contributed by atoms with Crippen LogP contribution in [0.4, 0.5) is 0 Å². The summed E-state index contributed by atoms with van der Waals surface area (Å²) in [6.07, 6.45) is 1.85. The van der Waals surface area contributed by atoms with Gasteiger partial charge in [-0.05, 0) is 42.7 Å². The highest BCUT2D eigenvalue weighted by Gasteiger charge is 2.31. The van der Waals surface area contributed by atoms with E-state index in [1.807, 2.05) is 23.1 Å². The lowest BCUT2D eigenvalue weighted by molar-refractivity contribution is -0.134. The molecule has 0 bridgehead atoms. The molecule has 6 heteroatoms. The van der Waals surface area contributed by atoms with Gasteiger partial charge in [0, 0.05) is 6.54 Å². The van der Waals surface area contributed by atoms with Gasteiger partial charge in [0.1, 0.15) is 25.0 Å². The average Bonchev–Trinajstić information content (AvgIpc) is 3.22. The second kappa shape index (κ2) is 7.58. The van der Waals surface area contributed by atoms with Crippen molar-refractivity contribution in [1.29, 1.82) is 5.26 Å². The molecule has 0 saturated carbocycles. The van der Waals surface area contributed by atoms with Crippen molar-refractivity contribution >= 4 is 5.91 Å². The first kappa shape index (κ1) is 17.2. The van der Waals surface area contributed by atoms with Crippen LogP contribution in [0.5, 0.6) is 17.2 Å². The molecule has 1 unspecified atom stereocenters. The second-order valence-electron chi connectivity index (χ2n) is 6.54. The Balaban J connectivity index is 1.46. The molecule has 6 nitrogen and oxygen atoms in total. The summed E-state index contributed by atoms with van der Waals surface area (Å²) in [5.74, 6) is 1.83. The minimum absolute atomic E-state index is 0.00290. The van der Waals surface area contributed by atoms with Gasteiger partial charge in [0.15, 0.2) is 18.1 Å². The molecular formula is C21H20N2O4. The highest BCUT2D eigenvalue weighted by atomic mass is 16.6. The number of para-hydroxylation sites is 1. The molecular weight excluding hydrogens is 344 g/mol. The molecule has 2 aliphatic rings. The summed E-state index contributed by atoms with van der Waals surface area (Å²) in [4.78, 5) is 14.6. The minimum atomic E-state index is -0.0836. The Morgan fingerprint density at radius 1 is 1.19 bits per heavy atom. The molecule has 0 aliphatic carbocycles. The van der Waals surface area contributed by atoms with Gasteiger partial charge in [0.25, 0.3) is 5.91 Å². The third kappa shape index (κ3) is 3.54. The SMILES string of the molecule is N#Cc1ccccc1OCC(=O)N1CCCC1c1ccc2c(c1)OCCO2. The maximum absolute atomic E-state index is 12.8. The predicted molar refractivity (Wildman–Crippen MR) is 97.8 cm³/mol. The van der Waals surface area contributed by atoms with Gasteiger partial charge in [0.2, 0.25) is 0 Å². The van der Waals surface area contributed by atoms with Gasteiger partial charge in [-0.25, -0.2) is 0 Å². The summed E-state index contributed by atoms with van der Waals surface area (Å²) >= 11 is 0. The Kier molecular flexibility index (Phi) is 4.84. The van der Waals surface area contributed by atoms with Crippen LogP contribution in [0.2, 0.25) is 0 Å². The van der Waals surface area contributed by atoms with E-state index >= 15 is 0 Å². The zero-order chi connectivity index (χ0) is 18.6. The molecule has 1 saturated heterocycles. The fourth-order valence-electron chi connectivity index (χ4n) is 3.59. The lowest BCUT2D eigenvalue weighted by atomic mass is 10.0. The molecule has 0 radical (unpaired) electrons. The summed E-state index contributed by atoms with van der Waals surface area (Å²) < 4.78 is 16.9. The van der Waals surface area contributed by atoms with Gasteiger partial charge in [-0.1, -0.05) is 18.2 Å². The molecule has 2 aromatic carbocycles. The summed E-state index contributed by atoms with van der Waals surface area (Å²) in [5.41, 5.74) is 1.47. The number of hydrogen-bond acceptors (Lipinski definition) is 5. The Morgan fingerprint density at radius 2 is 2.00 bits per heavy atom. The van der Waals surface area contributed by atoms with Crippen molar-refractivity contribution in [3.63, 3.8) is 0 Å². The Bertz CT molecular complexity index is 890.